The summed E-state index contributed by atoms with van der Waals surface area (Å²) in [5, 5.41) is 8.98. The van der Waals surface area contributed by atoms with Crippen molar-refractivity contribution >= 4 is 41.5 Å². The number of halogens is 1. The van der Waals surface area contributed by atoms with Crippen molar-refractivity contribution in [3.8, 4) is 5.75 Å². The Balaban J connectivity index is 0.00000364. The number of carbonyl (C=O) groups is 1. The minimum atomic E-state index is -0.145. The minimum absolute atomic E-state index is 0. The van der Waals surface area contributed by atoms with Crippen LogP contribution in [-0.4, -0.2) is 32.1 Å². The van der Waals surface area contributed by atoms with Crippen LogP contribution in [0.5, 0.6) is 5.75 Å². The van der Waals surface area contributed by atoms with E-state index in [0.717, 1.165) is 17.0 Å². The number of guanidine groups is 1. The Morgan fingerprint density at radius 1 is 1.11 bits per heavy atom. The third-order valence-electron chi connectivity index (χ3n) is 3.47. The SMILES string of the molecule is C=CCOc1ccccc1CNC(=NC)NCC(=O)Nc1ccccc1.I. The molecule has 2 rings (SSSR count). The third-order valence-corrected chi connectivity index (χ3v) is 3.47. The lowest BCUT2D eigenvalue weighted by Crippen LogP contribution is -2.41. The minimum Gasteiger partial charge on any atom is -0.489 e. The second-order valence-electron chi connectivity index (χ2n) is 5.40. The molecule has 27 heavy (non-hydrogen) atoms. The van der Waals surface area contributed by atoms with Gasteiger partial charge < -0.3 is 20.7 Å². The maximum Gasteiger partial charge on any atom is 0.243 e. The van der Waals surface area contributed by atoms with Crippen LogP contribution in [0.15, 0.2) is 72.2 Å². The number of carbonyl (C=O) groups excluding carboxylic acids is 1. The lowest BCUT2D eigenvalue weighted by Gasteiger charge is -2.14. The van der Waals surface area contributed by atoms with Crippen LogP contribution < -0.4 is 20.7 Å². The van der Waals surface area contributed by atoms with Crippen LogP contribution in [0, 0.1) is 0 Å². The summed E-state index contributed by atoms with van der Waals surface area (Å²) in [6, 6.07) is 17.1. The van der Waals surface area contributed by atoms with Gasteiger partial charge in [0.1, 0.15) is 12.4 Å². The third kappa shape index (κ3) is 8.12. The molecule has 2 aromatic rings. The molecule has 0 spiro atoms. The fourth-order valence-electron chi connectivity index (χ4n) is 2.23. The maximum atomic E-state index is 12.0. The number of anilines is 1. The Morgan fingerprint density at radius 2 is 1.81 bits per heavy atom. The molecule has 6 nitrogen and oxygen atoms in total. The second kappa shape index (κ2) is 12.7. The Kier molecular flexibility index (Phi) is 10.6. The maximum absolute atomic E-state index is 12.0. The number of hydrogen-bond donors (Lipinski definition) is 3. The van der Waals surface area contributed by atoms with Gasteiger partial charge >= 0.3 is 0 Å². The molecule has 7 heteroatoms. The van der Waals surface area contributed by atoms with E-state index >= 15 is 0 Å². The van der Waals surface area contributed by atoms with Crippen LogP contribution in [0.3, 0.4) is 0 Å². The van der Waals surface area contributed by atoms with E-state index in [1.807, 2.05) is 54.6 Å². The fourth-order valence-corrected chi connectivity index (χ4v) is 2.23. The lowest BCUT2D eigenvalue weighted by molar-refractivity contribution is -0.115. The summed E-state index contributed by atoms with van der Waals surface area (Å²) in [4.78, 5) is 16.1. The first kappa shape index (κ1) is 22.5. The van der Waals surface area contributed by atoms with Crippen LogP contribution >= 0.6 is 24.0 Å². The first-order valence-corrected chi connectivity index (χ1v) is 8.34. The zero-order valence-electron chi connectivity index (χ0n) is 15.3. The van der Waals surface area contributed by atoms with Gasteiger partial charge in [0.05, 0.1) is 6.54 Å². The number of aliphatic imine (C=N–C) groups is 1. The lowest BCUT2D eigenvalue weighted by atomic mass is 10.2. The van der Waals surface area contributed by atoms with E-state index in [-0.39, 0.29) is 36.4 Å². The predicted molar refractivity (Wildman–Crippen MR) is 121 cm³/mol. The van der Waals surface area contributed by atoms with Gasteiger partial charge in [-0.15, -0.1) is 24.0 Å². The molecular weight excluding hydrogens is 455 g/mol. The summed E-state index contributed by atoms with van der Waals surface area (Å²) >= 11 is 0. The average molecular weight is 480 g/mol. The zero-order chi connectivity index (χ0) is 18.6. The molecule has 0 aliphatic heterocycles. The number of para-hydroxylation sites is 2. The molecule has 2 aromatic carbocycles. The smallest absolute Gasteiger partial charge is 0.243 e. The standard InChI is InChI=1S/C20H24N4O2.HI/c1-3-13-26-18-12-8-7-9-16(18)14-22-20(21-2)23-15-19(25)24-17-10-5-4-6-11-17;/h3-12H,1,13-15H2,2H3,(H,24,25)(H2,21,22,23);1H. The van der Waals surface area contributed by atoms with Gasteiger partial charge in [-0.25, -0.2) is 0 Å². The average Bonchev–Trinajstić information content (AvgIpc) is 2.68. The molecule has 0 heterocycles. The molecule has 3 N–H and O–H groups in total. The van der Waals surface area contributed by atoms with Crippen molar-refractivity contribution < 1.29 is 9.53 Å². The molecule has 0 fully saturated rings. The van der Waals surface area contributed by atoms with Gasteiger partial charge in [0, 0.05) is 24.8 Å². The summed E-state index contributed by atoms with van der Waals surface area (Å²) < 4.78 is 5.63. The fraction of sp³-hybridized carbons (Fsp3) is 0.200. The van der Waals surface area contributed by atoms with Gasteiger partial charge in [-0.05, 0) is 18.2 Å². The van der Waals surface area contributed by atoms with Crippen LogP contribution in [-0.2, 0) is 11.3 Å². The monoisotopic (exact) mass is 480 g/mol. The van der Waals surface area contributed by atoms with Gasteiger partial charge in [0.25, 0.3) is 0 Å². The first-order valence-electron chi connectivity index (χ1n) is 8.34. The molecule has 0 aromatic heterocycles. The van der Waals surface area contributed by atoms with E-state index < -0.39 is 0 Å². The summed E-state index contributed by atoms with van der Waals surface area (Å²) in [6.45, 7) is 4.74. The van der Waals surface area contributed by atoms with Gasteiger partial charge in [0.15, 0.2) is 5.96 Å². The Hall–Kier alpha value is -2.55. The van der Waals surface area contributed by atoms with E-state index in [1.54, 1.807) is 13.1 Å². The highest BCUT2D eigenvalue weighted by molar-refractivity contribution is 14.0. The van der Waals surface area contributed by atoms with E-state index in [9.17, 15) is 4.79 Å². The van der Waals surface area contributed by atoms with Crippen LogP contribution in [0.25, 0.3) is 0 Å². The molecule has 1 amide bonds. The number of ether oxygens (including phenoxy) is 1. The highest BCUT2D eigenvalue weighted by Gasteiger charge is 2.06. The summed E-state index contributed by atoms with van der Waals surface area (Å²) in [7, 11) is 1.66. The first-order chi connectivity index (χ1) is 12.7. The second-order valence-corrected chi connectivity index (χ2v) is 5.40. The number of amides is 1. The molecule has 0 atom stereocenters. The molecule has 0 aliphatic rings. The zero-order valence-corrected chi connectivity index (χ0v) is 17.6. The van der Waals surface area contributed by atoms with Crippen LogP contribution in [0.2, 0.25) is 0 Å². The van der Waals surface area contributed by atoms with Crippen LogP contribution in [0.1, 0.15) is 5.56 Å². The van der Waals surface area contributed by atoms with E-state index in [4.69, 9.17) is 4.74 Å². The highest BCUT2D eigenvalue weighted by Crippen LogP contribution is 2.17. The van der Waals surface area contributed by atoms with E-state index in [1.165, 1.54) is 0 Å². The predicted octanol–water partition coefficient (Wildman–Crippen LogP) is 3.17. The van der Waals surface area contributed by atoms with Gasteiger partial charge in [-0.2, -0.15) is 0 Å². The van der Waals surface area contributed by atoms with Crippen molar-refractivity contribution in [3.63, 3.8) is 0 Å². The van der Waals surface area contributed by atoms with Crippen LogP contribution in [0.4, 0.5) is 5.69 Å². The van der Waals surface area contributed by atoms with Gasteiger partial charge in [0.2, 0.25) is 5.91 Å². The number of nitrogens with zero attached hydrogens (tertiary/aromatic N) is 1. The molecule has 0 unspecified atom stereocenters. The molecule has 0 saturated carbocycles. The number of hydrogen-bond acceptors (Lipinski definition) is 3. The van der Waals surface area contributed by atoms with Crippen molar-refractivity contribution in [2.45, 2.75) is 6.54 Å². The topological polar surface area (TPSA) is 74.8 Å². The van der Waals surface area contributed by atoms with Gasteiger partial charge in [-0.1, -0.05) is 49.1 Å². The Morgan fingerprint density at radius 3 is 2.52 bits per heavy atom. The Labute approximate surface area is 177 Å². The van der Waals surface area contributed by atoms with Crippen molar-refractivity contribution in [2.24, 2.45) is 4.99 Å². The van der Waals surface area contributed by atoms with Crippen molar-refractivity contribution in [2.75, 3.05) is 25.5 Å². The highest BCUT2D eigenvalue weighted by atomic mass is 127. The molecule has 0 radical (unpaired) electrons. The van der Waals surface area contributed by atoms with Gasteiger partial charge in [-0.3, -0.25) is 9.79 Å². The van der Waals surface area contributed by atoms with Crippen molar-refractivity contribution in [1.29, 1.82) is 0 Å². The summed E-state index contributed by atoms with van der Waals surface area (Å²) in [5.41, 5.74) is 1.75. The number of rotatable bonds is 8. The van der Waals surface area contributed by atoms with Crippen molar-refractivity contribution in [1.82, 2.24) is 10.6 Å². The number of benzene rings is 2. The normalized spacial score (nSPS) is 10.3. The molecule has 144 valence electrons. The van der Waals surface area contributed by atoms with E-state index in [2.05, 4.69) is 27.5 Å². The molecule has 0 aliphatic carbocycles. The van der Waals surface area contributed by atoms with E-state index in [0.29, 0.717) is 19.1 Å². The van der Waals surface area contributed by atoms with Crippen molar-refractivity contribution in [3.05, 3.63) is 72.8 Å². The largest absolute Gasteiger partial charge is 0.489 e. The summed E-state index contributed by atoms with van der Waals surface area (Å²) in [5.74, 6) is 1.18. The number of nitrogens with one attached hydrogen (secondary N) is 3. The molecular formula is C20H25IN4O2. The summed E-state index contributed by atoms with van der Waals surface area (Å²) in [6.07, 6.45) is 1.70. The molecule has 0 saturated heterocycles. The Bertz CT molecular complexity index is 751. The molecule has 0 bridgehead atoms. The quantitative estimate of drug-likeness (QED) is 0.235.